The highest BCUT2D eigenvalue weighted by Crippen LogP contribution is 2.34. The molecule has 1 saturated heterocycles. The van der Waals surface area contributed by atoms with E-state index in [9.17, 15) is 0 Å². The molecule has 2 nitrogen and oxygen atoms in total. The molecule has 2 aliphatic rings. The zero-order chi connectivity index (χ0) is 17.4. The third-order valence-electron chi connectivity index (χ3n) is 4.51. The summed E-state index contributed by atoms with van der Waals surface area (Å²) in [5.41, 5.74) is 3.05. The third-order valence-corrected chi connectivity index (χ3v) is 4.51. The number of methoxy groups -OCH3 is 1. The van der Waals surface area contributed by atoms with Crippen molar-refractivity contribution in [2.75, 3.05) is 13.6 Å². The molecular weight excluding hydrogens is 246 g/mol. The predicted molar refractivity (Wildman–Crippen MR) is 83.2 cm³/mol. The summed E-state index contributed by atoms with van der Waals surface area (Å²) in [4.78, 5) is 0. The van der Waals surface area contributed by atoms with Crippen molar-refractivity contribution < 1.29 is 10.2 Å². The number of benzene rings is 1. The van der Waals surface area contributed by atoms with Gasteiger partial charge in [0, 0.05) is 19.5 Å². The normalized spacial score (nSPS) is 28.2. The number of hydrogen-bond acceptors (Lipinski definition) is 2. The van der Waals surface area contributed by atoms with E-state index in [0.29, 0.717) is 18.1 Å². The van der Waals surface area contributed by atoms with Crippen molar-refractivity contribution in [1.82, 2.24) is 5.32 Å². The summed E-state index contributed by atoms with van der Waals surface area (Å²) in [6, 6.07) is 5.75. The maximum absolute atomic E-state index is 8.63. The van der Waals surface area contributed by atoms with Crippen LogP contribution in [0.15, 0.2) is 30.5 Å². The molecule has 1 N–H and O–H groups in total. The second-order valence-corrected chi connectivity index (χ2v) is 5.99. The Balaban J connectivity index is 1.89. The van der Waals surface area contributed by atoms with Gasteiger partial charge in [-0.25, -0.2) is 0 Å². The molecule has 1 saturated carbocycles. The fraction of sp³-hybridized carbons (Fsp3) is 0.556. The minimum Gasteiger partial charge on any atom is -0.496 e. The highest BCUT2D eigenvalue weighted by molar-refractivity contribution is 5.40. The second kappa shape index (κ2) is 5.90. The highest BCUT2D eigenvalue weighted by atomic mass is 16.5. The van der Waals surface area contributed by atoms with Crippen LogP contribution in [0.5, 0.6) is 5.75 Å². The summed E-state index contributed by atoms with van der Waals surface area (Å²) in [5, 5.41) is 3.27. The number of ether oxygens (including phenoxy) is 1. The van der Waals surface area contributed by atoms with Crippen LogP contribution in [0.1, 0.15) is 54.6 Å². The maximum Gasteiger partial charge on any atom is 0.122 e. The minimum absolute atomic E-state index is 0.350. The first kappa shape index (κ1) is 9.49. The van der Waals surface area contributed by atoms with E-state index in [1.165, 1.54) is 0 Å². The molecule has 1 aromatic rings. The molecule has 2 fully saturated rings. The van der Waals surface area contributed by atoms with E-state index in [1.54, 1.807) is 6.07 Å². The van der Waals surface area contributed by atoms with Crippen LogP contribution in [-0.4, -0.2) is 13.6 Å². The lowest BCUT2D eigenvalue weighted by atomic mass is 9.91. The molecule has 1 atom stereocenters. The summed E-state index contributed by atoms with van der Waals surface area (Å²) in [5.74, 6) is 0.244. The van der Waals surface area contributed by atoms with Gasteiger partial charge in [-0.3, -0.25) is 0 Å². The quantitative estimate of drug-likeness (QED) is 0.896. The van der Waals surface area contributed by atoms with Gasteiger partial charge < -0.3 is 10.1 Å². The molecule has 20 heavy (non-hydrogen) atoms. The van der Waals surface area contributed by atoms with Crippen LogP contribution < -0.4 is 10.1 Å². The Kier molecular flexibility index (Phi) is 2.80. The monoisotopic (exact) mass is 275 g/mol. The lowest BCUT2D eigenvalue weighted by Gasteiger charge is -2.16. The molecule has 0 aromatic heterocycles. The molecule has 3 rings (SSSR count). The minimum atomic E-state index is -2.47. The van der Waals surface area contributed by atoms with Crippen LogP contribution in [0.4, 0.5) is 0 Å². The van der Waals surface area contributed by atoms with Gasteiger partial charge in [-0.15, -0.1) is 0 Å². The summed E-state index contributed by atoms with van der Waals surface area (Å²) < 4.78 is 36.0. The molecule has 108 valence electrons. The third kappa shape index (κ3) is 2.84. The van der Waals surface area contributed by atoms with Gasteiger partial charge in [0.1, 0.15) is 5.75 Å². The lowest BCUT2D eigenvalue weighted by molar-refractivity contribution is 0.404. The molecule has 0 bridgehead atoms. The van der Waals surface area contributed by atoms with Crippen molar-refractivity contribution in [3.05, 3.63) is 41.6 Å². The summed E-state index contributed by atoms with van der Waals surface area (Å²) in [7, 11) is -2.47. The largest absolute Gasteiger partial charge is 0.496 e. The van der Waals surface area contributed by atoms with Gasteiger partial charge in [-0.05, 0) is 35.9 Å². The fourth-order valence-electron chi connectivity index (χ4n) is 3.36. The molecule has 1 aliphatic carbocycles. The second-order valence-electron chi connectivity index (χ2n) is 5.99. The van der Waals surface area contributed by atoms with E-state index in [1.807, 2.05) is 12.1 Å². The highest BCUT2D eigenvalue weighted by Gasteiger charge is 2.22. The van der Waals surface area contributed by atoms with Crippen molar-refractivity contribution in [2.45, 2.75) is 44.4 Å². The van der Waals surface area contributed by atoms with Crippen LogP contribution in [0.25, 0.3) is 0 Å². The van der Waals surface area contributed by atoms with Crippen molar-refractivity contribution in [2.24, 2.45) is 5.89 Å². The Hall–Kier alpha value is -1.44. The van der Waals surface area contributed by atoms with E-state index >= 15 is 0 Å². The average molecular weight is 275 g/mol. The van der Waals surface area contributed by atoms with Crippen LogP contribution in [0.3, 0.4) is 0 Å². The van der Waals surface area contributed by atoms with Crippen LogP contribution in [0.2, 0.25) is 0 Å². The summed E-state index contributed by atoms with van der Waals surface area (Å²) >= 11 is 0. The Morgan fingerprint density at radius 2 is 2.30 bits per heavy atom. The van der Waals surface area contributed by atoms with Gasteiger partial charge in [-0.1, -0.05) is 44.4 Å². The van der Waals surface area contributed by atoms with E-state index in [0.717, 1.165) is 55.5 Å². The predicted octanol–water partition coefficient (Wildman–Crippen LogP) is 4.02. The molecule has 0 radical (unpaired) electrons. The molecule has 1 unspecified atom stereocenters. The molecular formula is C18H25NO. The molecule has 0 amide bonds. The van der Waals surface area contributed by atoms with Gasteiger partial charge in [0.15, 0.2) is 0 Å². The van der Waals surface area contributed by atoms with Gasteiger partial charge in [0.2, 0.25) is 0 Å². The number of rotatable bonds is 4. The topological polar surface area (TPSA) is 21.3 Å². The first-order valence-electron chi connectivity index (χ1n) is 9.48. The Bertz CT molecular complexity index is 620. The smallest absolute Gasteiger partial charge is 0.122 e. The SMILES string of the molecule is [2H]C1(Cc2cc(C3CNC(=C)C3)ccc2OC([2H])([2H])[2H])CCCC1. The maximum atomic E-state index is 8.63. The van der Waals surface area contributed by atoms with Crippen molar-refractivity contribution >= 4 is 0 Å². The van der Waals surface area contributed by atoms with Crippen molar-refractivity contribution in [1.29, 1.82) is 0 Å². The van der Waals surface area contributed by atoms with Crippen molar-refractivity contribution in [3.8, 4) is 5.75 Å². The zero-order valence-electron chi connectivity index (χ0n) is 15.9. The van der Waals surface area contributed by atoms with Crippen LogP contribution in [0, 0.1) is 5.89 Å². The van der Waals surface area contributed by atoms with E-state index in [-0.39, 0.29) is 0 Å². The van der Waals surface area contributed by atoms with E-state index < -0.39 is 12.9 Å². The Morgan fingerprint density at radius 1 is 1.45 bits per heavy atom. The molecule has 1 aromatic carbocycles. The molecule has 1 heterocycles. The molecule has 2 heteroatoms. The first-order chi connectivity index (χ1) is 11.2. The van der Waals surface area contributed by atoms with Crippen molar-refractivity contribution in [3.63, 3.8) is 0 Å². The van der Waals surface area contributed by atoms with E-state index in [4.69, 9.17) is 10.2 Å². The molecule has 1 aliphatic heterocycles. The van der Waals surface area contributed by atoms with Crippen LogP contribution in [-0.2, 0) is 6.42 Å². The van der Waals surface area contributed by atoms with E-state index in [2.05, 4.69) is 11.9 Å². The van der Waals surface area contributed by atoms with Crippen LogP contribution >= 0.6 is 0 Å². The fourth-order valence-corrected chi connectivity index (χ4v) is 3.36. The summed E-state index contributed by atoms with van der Waals surface area (Å²) in [6.07, 6.45) is 5.33. The number of nitrogens with one attached hydrogen (secondary N) is 1. The lowest BCUT2D eigenvalue weighted by Crippen LogP contribution is -2.08. The van der Waals surface area contributed by atoms with Gasteiger partial charge in [0.25, 0.3) is 0 Å². The number of allylic oxidation sites excluding steroid dienone is 1. The first-order valence-corrected chi connectivity index (χ1v) is 7.48. The Morgan fingerprint density at radius 3 is 3.00 bits per heavy atom. The standard InChI is InChI=1S/C18H25NO/c1-13-9-17(12-19-13)15-7-8-18(20-2)16(11-15)10-14-5-3-4-6-14/h7-8,11,14,17,19H,1,3-6,9-10,12H2,2H3/i2D3,14D. The Labute approximate surface area is 127 Å². The van der Waals surface area contributed by atoms with Gasteiger partial charge in [-0.2, -0.15) is 0 Å². The zero-order valence-corrected chi connectivity index (χ0v) is 11.9. The summed E-state index contributed by atoms with van der Waals surface area (Å²) in [6.45, 7) is 4.82. The molecule has 0 spiro atoms. The number of hydrogen-bond donors (Lipinski definition) is 1. The van der Waals surface area contributed by atoms with Gasteiger partial charge in [0.05, 0.1) is 11.2 Å². The average Bonchev–Trinajstić information content (AvgIpc) is 3.08. The van der Waals surface area contributed by atoms with Gasteiger partial charge >= 0.3 is 0 Å².